The first-order valence-corrected chi connectivity index (χ1v) is 11.2. The molecule has 0 bridgehead atoms. The lowest BCUT2D eigenvalue weighted by Crippen LogP contribution is -2.19. The van der Waals surface area contributed by atoms with E-state index < -0.39 is 35.4 Å². The van der Waals surface area contributed by atoms with Gasteiger partial charge in [0, 0.05) is 17.2 Å². The van der Waals surface area contributed by atoms with Crippen molar-refractivity contribution >= 4 is 29.1 Å². The minimum atomic E-state index is -1.25. The van der Waals surface area contributed by atoms with Gasteiger partial charge < -0.3 is 16.0 Å². The van der Waals surface area contributed by atoms with Crippen LogP contribution in [0, 0.1) is 17.6 Å². The molecule has 0 spiro atoms. The SMILES string of the molecule is CC1C=C(c2cc(NC(=O)Cc3ccc(-c4nn(C5(C)CC5)c(N)c4C(N)=O)c(F)c3F)on2)C1. The smallest absolute Gasteiger partial charge is 0.254 e. The molecule has 1 unspecified atom stereocenters. The zero-order valence-corrected chi connectivity index (χ0v) is 19.2. The summed E-state index contributed by atoms with van der Waals surface area (Å²) < 4.78 is 36.6. The molecule has 0 radical (unpaired) electrons. The van der Waals surface area contributed by atoms with Crippen molar-refractivity contribution in [1.82, 2.24) is 14.9 Å². The van der Waals surface area contributed by atoms with Crippen LogP contribution in [-0.2, 0) is 16.8 Å². The number of allylic oxidation sites excluding steroid dienone is 2. The molecule has 182 valence electrons. The predicted molar refractivity (Wildman–Crippen MR) is 124 cm³/mol. The third-order valence-corrected chi connectivity index (χ3v) is 6.55. The van der Waals surface area contributed by atoms with E-state index in [-0.39, 0.29) is 34.1 Å². The summed E-state index contributed by atoms with van der Waals surface area (Å²) in [7, 11) is 0. The maximum atomic E-state index is 15.1. The molecule has 2 aliphatic carbocycles. The van der Waals surface area contributed by atoms with Gasteiger partial charge in [0.25, 0.3) is 5.91 Å². The van der Waals surface area contributed by atoms with E-state index in [1.165, 1.54) is 16.8 Å². The van der Waals surface area contributed by atoms with Gasteiger partial charge in [-0.05, 0) is 43.7 Å². The number of nitrogens with zero attached hydrogens (tertiary/aromatic N) is 3. The highest BCUT2D eigenvalue weighted by atomic mass is 19.2. The van der Waals surface area contributed by atoms with Gasteiger partial charge in [0.1, 0.15) is 22.8 Å². The van der Waals surface area contributed by atoms with Crippen LogP contribution in [0.5, 0.6) is 0 Å². The normalized spacial score (nSPS) is 18.1. The quantitative estimate of drug-likeness (QED) is 0.470. The van der Waals surface area contributed by atoms with Crippen molar-refractivity contribution in [2.75, 3.05) is 11.1 Å². The van der Waals surface area contributed by atoms with Gasteiger partial charge in [0.15, 0.2) is 11.6 Å². The van der Waals surface area contributed by atoms with Crippen molar-refractivity contribution in [2.24, 2.45) is 11.7 Å². The Hall–Kier alpha value is -4.02. The molecular formula is C24H24F2N6O3. The number of amides is 2. The summed E-state index contributed by atoms with van der Waals surface area (Å²) in [6, 6.07) is 4.10. The van der Waals surface area contributed by atoms with Crippen LogP contribution in [0.25, 0.3) is 16.8 Å². The van der Waals surface area contributed by atoms with Gasteiger partial charge in [0.2, 0.25) is 11.8 Å². The Bertz CT molecular complexity index is 1400. The number of carbonyl (C=O) groups excluding carboxylic acids is 2. The lowest BCUT2D eigenvalue weighted by molar-refractivity contribution is -0.115. The van der Waals surface area contributed by atoms with Gasteiger partial charge in [-0.2, -0.15) is 5.10 Å². The van der Waals surface area contributed by atoms with Crippen LogP contribution in [0.4, 0.5) is 20.5 Å². The van der Waals surface area contributed by atoms with Crippen LogP contribution < -0.4 is 16.8 Å². The Morgan fingerprint density at radius 3 is 2.63 bits per heavy atom. The number of benzene rings is 1. The Labute approximate surface area is 199 Å². The Morgan fingerprint density at radius 1 is 1.29 bits per heavy atom. The van der Waals surface area contributed by atoms with Crippen LogP contribution in [0.15, 0.2) is 28.8 Å². The molecule has 2 aromatic heterocycles. The first-order chi connectivity index (χ1) is 16.6. The Morgan fingerprint density at radius 2 is 2.00 bits per heavy atom. The molecule has 2 heterocycles. The zero-order valence-electron chi connectivity index (χ0n) is 19.2. The van der Waals surface area contributed by atoms with E-state index >= 15 is 4.39 Å². The van der Waals surface area contributed by atoms with Gasteiger partial charge in [-0.1, -0.05) is 24.2 Å². The number of nitrogens with two attached hydrogens (primary N) is 2. The van der Waals surface area contributed by atoms with Crippen LogP contribution in [0.1, 0.15) is 54.7 Å². The first-order valence-electron chi connectivity index (χ1n) is 11.2. The zero-order chi connectivity index (χ0) is 25.1. The summed E-state index contributed by atoms with van der Waals surface area (Å²) in [5, 5.41) is 10.7. The largest absolute Gasteiger partial charge is 0.383 e. The number of primary amides is 1. The average Bonchev–Trinajstić information content (AvgIpc) is 3.19. The lowest BCUT2D eigenvalue weighted by atomic mass is 9.86. The van der Waals surface area contributed by atoms with E-state index in [0.29, 0.717) is 11.6 Å². The van der Waals surface area contributed by atoms with E-state index in [4.69, 9.17) is 16.0 Å². The number of rotatable bonds is 7. The van der Waals surface area contributed by atoms with Crippen LogP contribution in [0.3, 0.4) is 0 Å². The monoisotopic (exact) mass is 482 g/mol. The minimum Gasteiger partial charge on any atom is -0.383 e. The first kappa shape index (κ1) is 22.8. The van der Waals surface area contributed by atoms with Crippen molar-refractivity contribution < 1.29 is 22.9 Å². The van der Waals surface area contributed by atoms with Gasteiger partial charge in [0.05, 0.1) is 12.0 Å². The second kappa shape index (κ2) is 8.03. The predicted octanol–water partition coefficient (Wildman–Crippen LogP) is 3.61. The second-order valence-electron chi connectivity index (χ2n) is 9.46. The fourth-order valence-electron chi connectivity index (χ4n) is 4.26. The molecule has 11 heteroatoms. The maximum Gasteiger partial charge on any atom is 0.254 e. The van der Waals surface area contributed by atoms with Gasteiger partial charge in [-0.15, -0.1) is 0 Å². The highest BCUT2D eigenvalue weighted by Gasteiger charge is 2.43. The summed E-state index contributed by atoms with van der Waals surface area (Å²) in [5.74, 6) is -3.39. The van der Waals surface area contributed by atoms with E-state index in [9.17, 15) is 14.0 Å². The molecule has 0 aliphatic heterocycles. The summed E-state index contributed by atoms with van der Waals surface area (Å²) in [5.41, 5.74) is 12.1. The minimum absolute atomic E-state index is 0.00862. The highest BCUT2D eigenvalue weighted by molar-refractivity contribution is 6.03. The van der Waals surface area contributed by atoms with Crippen LogP contribution >= 0.6 is 0 Å². The molecule has 35 heavy (non-hydrogen) atoms. The molecule has 1 aromatic carbocycles. The summed E-state index contributed by atoms with van der Waals surface area (Å²) in [6.07, 6.45) is 4.04. The van der Waals surface area contributed by atoms with E-state index in [1.54, 1.807) is 6.07 Å². The molecule has 1 fully saturated rings. The molecule has 9 nitrogen and oxygen atoms in total. The molecule has 0 saturated heterocycles. The van der Waals surface area contributed by atoms with Crippen LogP contribution in [0.2, 0.25) is 0 Å². The fourth-order valence-corrected chi connectivity index (χ4v) is 4.26. The van der Waals surface area contributed by atoms with E-state index in [1.807, 2.05) is 6.92 Å². The molecule has 5 rings (SSSR count). The second-order valence-corrected chi connectivity index (χ2v) is 9.46. The number of aromatic nitrogens is 3. The molecular weight excluding hydrogens is 458 g/mol. The molecule has 1 saturated carbocycles. The Balaban J connectivity index is 1.37. The number of halogens is 2. The maximum absolute atomic E-state index is 15.1. The van der Waals surface area contributed by atoms with Crippen molar-refractivity contribution in [3.05, 3.63) is 52.7 Å². The highest BCUT2D eigenvalue weighted by Crippen LogP contribution is 2.46. The fraction of sp³-hybridized carbons (Fsp3) is 0.333. The van der Waals surface area contributed by atoms with Gasteiger partial charge in [-0.25, -0.2) is 13.5 Å². The average molecular weight is 482 g/mol. The van der Waals surface area contributed by atoms with Crippen molar-refractivity contribution in [3.8, 4) is 11.3 Å². The summed E-state index contributed by atoms with van der Waals surface area (Å²) >= 11 is 0. The third-order valence-electron chi connectivity index (χ3n) is 6.55. The third kappa shape index (κ3) is 3.96. The molecule has 2 aliphatic rings. The topological polar surface area (TPSA) is 142 Å². The number of nitrogen functional groups attached to an aromatic ring is 1. The number of hydrogen-bond acceptors (Lipinski definition) is 6. The molecule has 2 amide bonds. The van der Waals surface area contributed by atoms with E-state index in [2.05, 4.69) is 28.6 Å². The van der Waals surface area contributed by atoms with Crippen molar-refractivity contribution in [1.29, 1.82) is 0 Å². The van der Waals surface area contributed by atoms with Crippen molar-refractivity contribution in [2.45, 2.75) is 45.1 Å². The van der Waals surface area contributed by atoms with Gasteiger partial charge in [-0.3, -0.25) is 14.9 Å². The number of nitrogens with one attached hydrogen (secondary N) is 1. The van der Waals surface area contributed by atoms with E-state index in [0.717, 1.165) is 24.8 Å². The van der Waals surface area contributed by atoms with Gasteiger partial charge >= 0.3 is 0 Å². The lowest BCUT2D eigenvalue weighted by Gasteiger charge is -2.18. The number of hydrogen-bond donors (Lipinski definition) is 3. The summed E-state index contributed by atoms with van der Waals surface area (Å²) in [6.45, 7) is 3.97. The summed E-state index contributed by atoms with van der Waals surface area (Å²) in [4.78, 5) is 24.5. The molecule has 3 aromatic rings. The van der Waals surface area contributed by atoms with Crippen molar-refractivity contribution in [3.63, 3.8) is 0 Å². The van der Waals surface area contributed by atoms with Crippen LogP contribution in [-0.4, -0.2) is 26.8 Å². The number of carbonyl (C=O) groups is 2. The standard InChI is InChI=1S/C24H24F2N6O3/c1-11-7-13(8-11)15-10-17(35-31-15)29-16(33)9-12-3-4-14(20(26)19(12)25)21-18(23(28)34)22(27)32(30-21)24(2)5-6-24/h3-4,7,10-11H,5-6,8-9,27H2,1-2H3,(H2,28,34)(H,29,33). The molecule has 1 atom stereocenters. The number of anilines is 2. The molecule has 5 N–H and O–H groups in total. The Kier molecular flexibility index (Phi) is 5.22.